The molecule has 1 fully saturated rings. The molecule has 1 aromatic heterocycles. The van der Waals surface area contributed by atoms with Gasteiger partial charge in [0.1, 0.15) is 11.8 Å². The van der Waals surface area contributed by atoms with Crippen LogP contribution in [0.4, 0.5) is 11.4 Å². The van der Waals surface area contributed by atoms with Crippen molar-refractivity contribution >= 4 is 63.8 Å². The summed E-state index contributed by atoms with van der Waals surface area (Å²) in [6, 6.07) is 21.8. The molecular formula is C30H24ClN3O4S2. The van der Waals surface area contributed by atoms with Gasteiger partial charge in [0.25, 0.3) is 0 Å². The van der Waals surface area contributed by atoms with Crippen LogP contribution in [0.25, 0.3) is 0 Å². The first-order valence-electron chi connectivity index (χ1n) is 12.7. The summed E-state index contributed by atoms with van der Waals surface area (Å²) in [4.78, 5) is 55.6. The number of imide groups is 1. The lowest BCUT2D eigenvalue weighted by Gasteiger charge is -2.30. The quantitative estimate of drug-likeness (QED) is 0.306. The molecule has 0 saturated carbocycles. The maximum atomic E-state index is 13.9. The third-order valence-corrected chi connectivity index (χ3v) is 10.1. The Balaban J connectivity index is 1.40. The first-order valence-corrected chi connectivity index (χ1v) is 14.8. The molecule has 2 aliphatic rings. The van der Waals surface area contributed by atoms with Crippen LogP contribution >= 0.6 is 34.7 Å². The summed E-state index contributed by atoms with van der Waals surface area (Å²) in [7, 11) is 0. The molecule has 7 nitrogen and oxygen atoms in total. The van der Waals surface area contributed by atoms with Crippen LogP contribution in [0.15, 0.2) is 82.6 Å². The maximum Gasteiger partial charge on any atom is 0.308 e. The number of nitrogens with zero attached hydrogens (tertiary/aromatic N) is 2. The van der Waals surface area contributed by atoms with Crippen LogP contribution in [0.5, 0.6) is 0 Å². The second kappa shape index (κ2) is 10.4. The van der Waals surface area contributed by atoms with Gasteiger partial charge in [-0.15, -0.1) is 0 Å². The molecule has 202 valence electrons. The van der Waals surface area contributed by atoms with E-state index in [2.05, 4.69) is 5.32 Å². The van der Waals surface area contributed by atoms with Gasteiger partial charge in [0.15, 0.2) is 0 Å². The molecule has 0 unspecified atom stereocenters. The van der Waals surface area contributed by atoms with Crippen molar-refractivity contribution in [1.29, 1.82) is 0 Å². The minimum Gasteiger partial charge on any atom is -0.325 e. The van der Waals surface area contributed by atoms with E-state index >= 15 is 0 Å². The van der Waals surface area contributed by atoms with Gasteiger partial charge in [-0.2, -0.15) is 0 Å². The van der Waals surface area contributed by atoms with E-state index in [-0.39, 0.29) is 29.1 Å². The van der Waals surface area contributed by atoms with Crippen molar-refractivity contribution in [2.45, 2.75) is 36.6 Å². The average molecular weight is 590 g/mol. The topological polar surface area (TPSA) is 88.5 Å². The molecule has 0 spiro atoms. The van der Waals surface area contributed by atoms with Crippen molar-refractivity contribution < 1.29 is 14.4 Å². The number of fused-ring (bicyclic) bond motifs is 2. The Morgan fingerprint density at radius 3 is 2.15 bits per heavy atom. The van der Waals surface area contributed by atoms with Crippen LogP contribution in [-0.4, -0.2) is 27.5 Å². The molecule has 3 atom stereocenters. The highest BCUT2D eigenvalue weighted by Gasteiger charge is 2.56. The highest BCUT2D eigenvalue weighted by atomic mass is 35.5. The van der Waals surface area contributed by atoms with Crippen molar-refractivity contribution in [1.82, 2.24) is 4.57 Å². The third-order valence-electron chi connectivity index (χ3n) is 7.21. The zero-order chi connectivity index (χ0) is 28.1. The monoisotopic (exact) mass is 589 g/mol. The Labute approximate surface area is 243 Å². The highest BCUT2D eigenvalue weighted by molar-refractivity contribution is 8.00. The number of aromatic nitrogens is 1. The van der Waals surface area contributed by atoms with E-state index in [1.54, 1.807) is 36.4 Å². The third kappa shape index (κ3) is 4.68. The molecule has 0 bridgehead atoms. The van der Waals surface area contributed by atoms with Crippen molar-refractivity contribution in [2.24, 2.45) is 5.92 Å². The number of thiazole rings is 1. The highest BCUT2D eigenvalue weighted by Crippen LogP contribution is 2.53. The normalized spacial score (nSPS) is 19.9. The number of rotatable bonds is 5. The van der Waals surface area contributed by atoms with Gasteiger partial charge in [-0.1, -0.05) is 82.2 Å². The molecule has 0 aliphatic carbocycles. The number of benzene rings is 3. The fourth-order valence-corrected chi connectivity index (χ4v) is 8.11. The smallest absolute Gasteiger partial charge is 0.308 e. The van der Waals surface area contributed by atoms with Crippen molar-refractivity contribution in [2.75, 3.05) is 10.2 Å². The SMILES string of the molecule is Cc1ccc(NC(=O)Cn2c3c(sc2=O)[C@@H](c2ccc(Cl)cc2)[C@@H]2C(=O)N(c4ccc(C)cc4)C(=O)[C@@H]2S3)cc1. The van der Waals surface area contributed by atoms with E-state index < -0.39 is 17.1 Å². The summed E-state index contributed by atoms with van der Waals surface area (Å²) in [6.45, 7) is 3.69. The largest absolute Gasteiger partial charge is 0.325 e. The van der Waals surface area contributed by atoms with E-state index in [4.69, 9.17) is 11.6 Å². The Morgan fingerprint density at radius 1 is 0.875 bits per heavy atom. The number of halogens is 1. The first-order chi connectivity index (χ1) is 19.2. The number of amides is 3. The fourth-order valence-electron chi connectivity index (χ4n) is 5.21. The van der Waals surface area contributed by atoms with Crippen molar-refractivity contribution in [3.05, 3.63) is 109 Å². The number of hydrogen-bond donors (Lipinski definition) is 1. The van der Waals surface area contributed by atoms with Crippen LogP contribution in [0.3, 0.4) is 0 Å². The van der Waals surface area contributed by atoms with Gasteiger partial charge in [0.05, 0.1) is 16.6 Å². The minimum absolute atomic E-state index is 0.208. The summed E-state index contributed by atoms with van der Waals surface area (Å²) >= 11 is 8.37. The lowest BCUT2D eigenvalue weighted by molar-refractivity contribution is -0.122. The van der Waals surface area contributed by atoms with E-state index in [0.717, 1.165) is 28.0 Å². The molecule has 0 radical (unpaired) electrons. The number of nitrogens with one attached hydrogen (secondary N) is 1. The predicted octanol–water partition coefficient (Wildman–Crippen LogP) is 5.61. The summed E-state index contributed by atoms with van der Waals surface area (Å²) in [5.74, 6) is -2.23. The van der Waals surface area contributed by atoms with E-state index in [0.29, 0.717) is 26.3 Å². The van der Waals surface area contributed by atoms with Gasteiger partial charge in [-0.3, -0.25) is 23.7 Å². The molecule has 40 heavy (non-hydrogen) atoms. The lowest BCUT2D eigenvalue weighted by Crippen LogP contribution is -2.33. The second-order valence-electron chi connectivity index (χ2n) is 9.98. The molecule has 4 aromatic rings. The summed E-state index contributed by atoms with van der Waals surface area (Å²) in [5, 5.41) is 3.18. The van der Waals surface area contributed by atoms with Gasteiger partial charge in [-0.05, 0) is 55.8 Å². The summed E-state index contributed by atoms with van der Waals surface area (Å²) in [6.07, 6.45) is 0. The average Bonchev–Trinajstić information content (AvgIpc) is 3.37. The van der Waals surface area contributed by atoms with E-state index in [9.17, 15) is 19.2 Å². The summed E-state index contributed by atoms with van der Waals surface area (Å²) < 4.78 is 1.42. The van der Waals surface area contributed by atoms with Crippen LogP contribution < -0.4 is 15.1 Å². The van der Waals surface area contributed by atoms with Gasteiger partial charge in [-0.25, -0.2) is 4.90 Å². The van der Waals surface area contributed by atoms with Gasteiger partial charge >= 0.3 is 4.87 Å². The van der Waals surface area contributed by atoms with Crippen LogP contribution in [0.1, 0.15) is 27.5 Å². The molecule has 1 N–H and O–H groups in total. The van der Waals surface area contributed by atoms with Gasteiger partial charge in [0.2, 0.25) is 17.7 Å². The first kappa shape index (κ1) is 26.6. The van der Waals surface area contributed by atoms with Gasteiger partial charge < -0.3 is 5.32 Å². The van der Waals surface area contributed by atoms with Crippen LogP contribution in [-0.2, 0) is 20.9 Å². The zero-order valence-corrected chi connectivity index (χ0v) is 24.0. The molecular weight excluding hydrogens is 566 g/mol. The molecule has 2 aliphatic heterocycles. The molecule has 1 saturated heterocycles. The van der Waals surface area contributed by atoms with Gasteiger partial charge in [0, 0.05) is 21.5 Å². The number of thioether (sulfide) groups is 1. The van der Waals surface area contributed by atoms with Crippen LogP contribution in [0.2, 0.25) is 5.02 Å². The van der Waals surface area contributed by atoms with Crippen LogP contribution in [0, 0.1) is 19.8 Å². The number of anilines is 2. The number of carbonyl (C=O) groups is 3. The Morgan fingerprint density at radius 2 is 1.50 bits per heavy atom. The molecule has 3 amide bonds. The lowest BCUT2D eigenvalue weighted by atomic mass is 9.83. The minimum atomic E-state index is -0.748. The Kier molecular flexibility index (Phi) is 6.90. The number of carbonyl (C=O) groups excluding carboxylic acids is 3. The molecule has 3 aromatic carbocycles. The molecule has 6 rings (SSSR count). The summed E-state index contributed by atoms with van der Waals surface area (Å²) in [5.41, 5.74) is 4.01. The standard InChI is InChI=1S/C30H24ClN3O4S2/c1-16-3-11-20(12-4-16)32-22(35)15-33-29-26(40-30(33)38)23(18-7-9-19(31)10-8-18)24-25(39-29)28(37)34(27(24)36)21-13-5-17(2)6-14-21/h3-14,23-25H,15H2,1-2H3,(H,32,35)/t23-,24-,25+/m0/s1. The Hall–Kier alpha value is -3.66. The fraction of sp³-hybridized carbons (Fsp3) is 0.200. The maximum absolute atomic E-state index is 13.9. The number of hydrogen-bond acceptors (Lipinski definition) is 6. The van der Waals surface area contributed by atoms with E-state index in [1.807, 2.05) is 50.2 Å². The second-order valence-corrected chi connectivity index (χ2v) is 12.5. The zero-order valence-electron chi connectivity index (χ0n) is 21.6. The van der Waals surface area contributed by atoms with Crippen molar-refractivity contribution in [3.8, 4) is 0 Å². The molecule has 10 heteroatoms. The molecule has 3 heterocycles. The Bertz CT molecular complexity index is 1690. The predicted molar refractivity (Wildman–Crippen MR) is 158 cm³/mol. The van der Waals surface area contributed by atoms with Crippen molar-refractivity contribution in [3.63, 3.8) is 0 Å². The van der Waals surface area contributed by atoms with E-state index in [1.165, 1.54) is 21.2 Å². The number of aryl methyl sites for hydroxylation is 2.